The van der Waals surface area contributed by atoms with Crippen molar-refractivity contribution in [3.63, 3.8) is 0 Å². The molecule has 0 saturated heterocycles. The van der Waals surface area contributed by atoms with Crippen molar-refractivity contribution in [2.45, 2.75) is 19.8 Å². The van der Waals surface area contributed by atoms with Crippen LogP contribution in [0.15, 0.2) is 58.7 Å². The van der Waals surface area contributed by atoms with E-state index in [-0.39, 0.29) is 18.2 Å². The summed E-state index contributed by atoms with van der Waals surface area (Å²) in [5.41, 5.74) is 3.15. The van der Waals surface area contributed by atoms with Gasteiger partial charge in [-0.2, -0.15) is 4.98 Å². The van der Waals surface area contributed by atoms with Crippen molar-refractivity contribution in [1.82, 2.24) is 20.1 Å². The van der Waals surface area contributed by atoms with Crippen molar-refractivity contribution in [3.8, 4) is 22.6 Å². The highest BCUT2D eigenvalue weighted by molar-refractivity contribution is 7.14. The number of rotatable bonds is 7. The van der Waals surface area contributed by atoms with Crippen molar-refractivity contribution in [2.24, 2.45) is 0 Å². The number of nitrogens with one attached hydrogen (secondary N) is 2. The van der Waals surface area contributed by atoms with E-state index >= 15 is 0 Å². The molecule has 0 fully saturated rings. The van der Waals surface area contributed by atoms with Crippen molar-refractivity contribution in [1.29, 1.82) is 0 Å². The second kappa shape index (κ2) is 9.26. The molecule has 3 aromatic heterocycles. The molecule has 0 atom stereocenters. The van der Waals surface area contributed by atoms with Gasteiger partial charge in [0.25, 0.3) is 0 Å². The Balaban J connectivity index is 1.31. The van der Waals surface area contributed by atoms with Crippen molar-refractivity contribution in [2.75, 3.05) is 10.6 Å². The Hall–Kier alpha value is -3.92. The second-order valence-corrected chi connectivity index (χ2v) is 7.45. The quantitative estimate of drug-likeness (QED) is 0.454. The first-order valence-electron chi connectivity index (χ1n) is 9.43. The molecule has 0 bridgehead atoms. The molecule has 0 aliphatic rings. The van der Waals surface area contributed by atoms with E-state index in [4.69, 9.17) is 4.52 Å². The van der Waals surface area contributed by atoms with Gasteiger partial charge < -0.3 is 15.2 Å². The monoisotopic (exact) mass is 434 g/mol. The Labute approximate surface area is 181 Å². The number of hydrogen-bond acceptors (Lipinski definition) is 8. The zero-order valence-electron chi connectivity index (χ0n) is 16.5. The average molecular weight is 434 g/mol. The molecule has 10 heteroatoms. The van der Waals surface area contributed by atoms with Crippen LogP contribution < -0.4 is 10.6 Å². The molecule has 1 aromatic carbocycles. The van der Waals surface area contributed by atoms with Gasteiger partial charge in [0.05, 0.1) is 5.69 Å². The molecule has 4 rings (SSSR count). The molecule has 31 heavy (non-hydrogen) atoms. The smallest absolute Gasteiger partial charge is 0.227 e. The minimum Gasteiger partial charge on any atom is -0.339 e. The molecule has 0 aliphatic heterocycles. The first kappa shape index (κ1) is 20.4. The van der Waals surface area contributed by atoms with E-state index in [2.05, 4.69) is 30.7 Å². The Bertz CT molecular complexity index is 1190. The standard InChI is InChI=1S/C21H18N6O3S/c1-13(28)23-16-4-2-14(3-5-16)17-12-31-21(24-17)25-18(29)6-7-19-26-20(27-30-19)15-8-10-22-11-9-15/h2-5,8-12H,6-7H2,1H3,(H,23,28)(H,24,25,29). The highest BCUT2D eigenvalue weighted by atomic mass is 32.1. The van der Waals surface area contributed by atoms with Gasteiger partial charge in [-0.3, -0.25) is 14.6 Å². The molecule has 0 saturated carbocycles. The summed E-state index contributed by atoms with van der Waals surface area (Å²) in [6.45, 7) is 1.46. The summed E-state index contributed by atoms with van der Waals surface area (Å²) < 4.78 is 5.21. The lowest BCUT2D eigenvalue weighted by Crippen LogP contribution is -2.12. The minimum atomic E-state index is -0.189. The van der Waals surface area contributed by atoms with E-state index in [0.717, 1.165) is 16.8 Å². The van der Waals surface area contributed by atoms with Gasteiger partial charge >= 0.3 is 0 Å². The van der Waals surface area contributed by atoms with Crippen LogP contribution >= 0.6 is 11.3 Å². The number of carbonyl (C=O) groups is 2. The van der Waals surface area contributed by atoms with Gasteiger partial charge in [0.15, 0.2) is 5.13 Å². The summed E-state index contributed by atoms with van der Waals surface area (Å²) in [5, 5.41) is 11.8. The fourth-order valence-corrected chi connectivity index (χ4v) is 3.50. The molecule has 4 aromatic rings. The normalized spacial score (nSPS) is 10.6. The molecule has 3 heterocycles. The lowest BCUT2D eigenvalue weighted by atomic mass is 10.1. The molecule has 0 unspecified atom stereocenters. The number of hydrogen-bond donors (Lipinski definition) is 2. The number of pyridine rings is 1. The fraction of sp³-hybridized carbons (Fsp3) is 0.143. The van der Waals surface area contributed by atoms with Crippen molar-refractivity contribution >= 4 is 34.0 Å². The third-order valence-corrected chi connectivity index (χ3v) is 4.98. The maximum absolute atomic E-state index is 12.3. The van der Waals surface area contributed by atoms with Crippen LogP contribution in [-0.4, -0.2) is 31.9 Å². The summed E-state index contributed by atoms with van der Waals surface area (Å²) >= 11 is 1.34. The Morgan fingerprint density at radius 3 is 2.52 bits per heavy atom. The highest BCUT2D eigenvalue weighted by Gasteiger charge is 2.12. The van der Waals surface area contributed by atoms with Gasteiger partial charge in [-0.1, -0.05) is 17.3 Å². The van der Waals surface area contributed by atoms with Crippen molar-refractivity contribution in [3.05, 3.63) is 60.1 Å². The number of aryl methyl sites for hydroxylation is 1. The van der Waals surface area contributed by atoms with E-state index in [1.165, 1.54) is 18.3 Å². The summed E-state index contributed by atoms with van der Waals surface area (Å²) in [5.74, 6) is 0.541. The number of amides is 2. The molecule has 0 spiro atoms. The predicted octanol–water partition coefficient (Wildman–Crippen LogP) is 3.78. The minimum absolute atomic E-state index is 0.125. The third kappa shape index (κ3) is 5.37. The Kier molecular flexibility index (Phi) is 6.08. The molecule has 0 aliphatic carbocycles. The number of thiazole rings is 1. The first-order valence-corrected chi connectivity index (χ1v) is 10.3. The van der Waals surface area contributed by atoms with Gasteiger partial charge in [0.2, 0.25) is 23.5 Å². The van der Waals surface area contributed by atoms with Crippen LogP contribution in [-0.2, 0) is 16.0 Å². The van der Waals surface area contributed by atoms with Gasteiger partial charge in [-0.05, 0) is 24.3 Å². The lowest BCUT2D eigenvalue weighted by molar-refractivity contribution is -0.116. The number of carbonyl (C=O) groups excluding carboxylic acids is 2. The summed E-state index contributed by atoms with van der Waals surface area (Å²) in [7, 11) is 0. The number of nitrogens with zero attached hydrogens (tertiary/aromatic N) is 4. The predicted molar refractivity (Wildman–Crippen MR) is 116 cm³/mol. The largest absolute Gasteiger partial charge is 0.339 e. The summed E-state index contributed by atoms with van der Waals surface area (Å²) in [6.07, 6.45) is 3.82. The molecule has 2 amide bonds. The Morgan fingerprint density at radius 1 is 1.00 bits per heavy atom. The second-order valence-electron chi connectivity index (χ2n) is 6.59. The van der Waals surface area contributed by atoms with E-state index in [1.54, 1.807) is 36.7 Å². The van der Waals surface area contributed by atoms with Crippen LogP contribution in [0.3, 0.4) is 0 Å². The number of anilines is 2. The third-order valence-electron chi connectivity index (χ3n) is 4.22. The van der Waals surface area contributed by atoms with E-state index in [1.807, 2.05) is 17.5 Å². The van der Waals surface area contributed by atoms with Crippen LogP contribution in [0, 0.1) is 0 Å². The molecule has 9 nitrogen and oxygen atoms in total. The van der Waals surface area contributed by atoms with Gasteiger partial charge in [0.1, 0.15) is 0 Å². The maximum atomic E-state index is 12.3. The van der Waals surface area contributed by atoms with E-state index in [9.17, 15) is 9.59 Å². The van der Waals surface area contributed by atoms with Crippen LogP contribution in [0.25, 0.3) is 22.6 Å². The topological polar surface area (TPSA) is 123 Å². The Morgan fingerprint density at radius 2 is 1.77 bits per heavy atom. The van der Waals surface area contributed by atoms with E-state index in [0.29, 0.717) is 29.0 Å². The van der Waals surface area contributed by atoms with Crippen LogP contribution in [0.1, 0.15) is 19.2 Å². The molecular formula is C21H18N6O3S. The van der Waals surface area contributed by atoms with Crippen LogP contribution in [0.2, 0.25) is 0 Å². The zero-order valence-corrected chi connectivity index (χ0v) is 17.3. The molecule has 2 N–H and O–H groups in total. The fourth-order valence-electron chi connectivity index (χ4n) is 2.77. The van der Waals surface area contributed by atoms with Gasteiger partial charge in [0, 0.05) is 54.4 Å². The summed E-state index contributed by atoms with van der Waals surface area (Å²) in [6, 6.07) is 10.9. The van der Waals surface area contributed by atoms with Crippen molar-refractivity contribution < 1.29 is 14.1 Å². The lowest BCUT2D eigenvalue weighted by Gasteiger charge is -2.03. The van der Waals surface area contributed by atoms with E-state index < -0.39 is 0 Å². The molecule has 0 radical (unpaired) electrons. The van der Waals surface area contributed by atoms with Gasteiger partial charge in [-0.25, -0.2) is 4.98 Å². The maximum Gasteiger partial charge on any atom is 0.227 e. The highest BCUT2D eigenvalue weighted by Crippen LogP contribution is 2.26. The molecule has 156 valence electrons. The summed E-state index contributed by atoms with van der Waals surface area (Å²) in [4.78, 5) is 36.1. The average Bonchev–Trinajstić information content (AvgIpc) is 3.43. The number of aromatic nitrogens is 4. The van der Waals surface area contributed by atoms with Gasteiger partial charge in [-0.15, -0.1) is 11.3 Å². The SMILES string of the molecule is CC(=O)Nc1ccc(-c2csc(NC(=O)CCc3nc(-c4ccncc4)no3)n2)cc1. The zero-order chi connectivity index (χ0) is 21.6. The van der Waals surface area contributed by atoms with Crippen LogP contribution in [0.5, 0.6) is 0 Å². The molecular weight excluding hydrogens is 416 g/mol. The number of benzene rings is 1. The van der Waals surface area contributed by atoms with Crippen LogP contribution in [0.4, 0.5) is 10.8 Å². The first-order chi connectivity index (χ1) is 15.1.